The number of benzene rings is 1. The number of hydrogen-bond donors (Lipinski definition) is 2. The van der Waals surface area contributed by atoms with Crippen LogP contribution < -0.4 is 5.32 Å². The van der Waals surface area contributed by atoms with Gasteiger partial charge in [-0.3, -0.25) is 9.89 Å². The minimum atomic E-state index is -0.245. The number of H-pyrrole nitrogens is 1. The van der Waals surface area contributed by atoms with E-state index in [-0.39, 0.29) is 5.91 Å². The van der Waals surface area contributed by atoms with Gasteiger partial charge in [0, 0.05) is 22.8 Å². The molecule has 118 valence electrons. The molecule has 0 fully saturated rings. The SMILES string of the molecule is O=C(Nc1cccc(-c2nccs2)c1)c1cc(-c2cccs2)[nH]n1. The van der Waals surface area contributed by atoms with Gasteiger partial charge in [-0.2, -0.15) is 5.10 Å². The van der Waals surface area contributed by atoms with Crippen molar-refractivity contribution in [2.24, 2.45) is 0 Å². The zero-order chi connectivity index (χ0) is 16.4. The molecule has 0 spiro atoms. The first kappa shape index (κ1) is 14.8. The molecule has 0 atom stereocenters. The Hall–Kier alpha value is -2.77. The predicted molar refractivity (Wildman–Crippen MR) is 97.4 cm³/mol. The Morgan fingerprint density at radius 2 is 2.04 bits per heavy atom. The molecule has 0 bridgehead atoms. The Balaban J connectivity index is 1.53. The molecule has 2 N–H and O–H groups in total. The lowest BCUT2D eigenvalue weighted by Gasteiger charge is -2.04. The summed E-state index contributed by atoms with van der Waals surface area (Å²) in [6.45, 7) is 0. The predicted octanol–water partition coefficient (Wildman–Crippen LogP) is 4.51. The maximum absolute atomic E-state index is 12.4. The van der Waals surface area contributed by atoms with Crippen LogP contribution in [0.15, 0.2) is 59.4 Å². The van der Waals surface area contributed by atoms with Crippen LogP contribution in [0.1, 0.15) is 10.5 Å². The first-order chi connectivity index (χ1) is 11.8. The van der Waals surface area contributed by atoms with Crippen LogP contribution in [-0.2, 0) is 0 Å². The van der Waals surface area contributed by atoms with E-state index in [1.54, 1.807) is 34.9 Å². The van der Waals surface area contributed by atoms with Crippen LogP contribution in [0.2, 0.25) is 0 Å². The molecule has 0 aliphatic carbocycles. The summed E-state index contributed by atoms with van der Waals surface area (Å²) >= 11 is 3.16. The number of aromatic amines is 1. The third kappa shape index (κ3) is 2.99. The zero-order valence-electron chi connectivity index (χ0n) is 12.4. The average molecular weight is 352 g/mol. The second-order valence-corrected chi connectivity index (χ2v) is 6.86. The lowest BCUT2D eigenvalue weighted by Crippen LogP contribution is -2.12. The minimum absolute atomic E-state index is 0.245. The number of carbonyl (C=O) groups is 1. The van der Waals surface area contributed by atoms with E-state index in [0.717, 1.165) is 21.1 Å². The summed E-state index contributed by atoms with van der Waals surface area (Å²) in [5, 5.41) is 14.7. The number of aromatic nitrogens is 3. The molecule has 24 heavy (non-hydrogen) atoms. The van der Waals surface area contributed by atoms with Gasteiger partial charge >= 0.3 is 0 Å². The number of amides is 1. The lowest BCUT2D eigenvalue weighted by atomic mass is 10.2. The zero-order valence-corrected chi connectivity index (χ0v) is 14.0. The number of thiazole rings is 1. The molecular weight excluding hydrogens is 340 g/mol. The maximum atomic E-state index is 12.4. The highest BCUT2D eigenvalue weighted by Gasteiger charge is 2.12. The van der Waals surface area contributed by atoms with Gasteiger partial charge in [-0.05, 0) is 29.6 Å². The molecule has 4 rings (SSSR count). The van der Waals surface area contributed by atoms with Gasteiger partial charge in [0.2, 0.25) is 0 Å². The highest BCUT2D eigenvalue weighted by Crippen LogP contribution is 2.25. The molecule has 4 aromatic rings. The number of hydrogen-bond acceptors (Lipinski definition) is 5. The van der Waals surface area contributed by atoms with E-state index in [1.807, 2.05) is 47.2 Å². The second-order valence-electron chi connectivity index (χ2n) is 5.02. The van der Waals surface area contributed by atoms with Crippen LogP contribution >= 0.6 is 22.7 Å². The molecule has 7 heteroatoms. The average Bonchev–Trinajstić information content (AvgIpc) is 3.36. The van der Waals surface area contributed by atoms with Gasteiger partial charge in [-0.25, -0.2) is 4.98 Å². The summed E-state index contributed by atoms with van der Waals surface area (Å²) in [5.74, 6) is -0.245. The maximum Gasteiger partial charge on any atom is 0.276 e. The topological polar surface area (TPSA) is 70.7 Å². The minimum Gasteiger partial charge on any atom is -0.321 e. The van der Waals surface area contributed by atoms with E-state index >= 15 is 0 Å². The summed E-state index contributed by atoms with van der Waals surface area (Å²) in [4.78, 5) is 17.7. The number of nitrogens with zero attached hydrogens (tertiary/aromatic N) is 2. The highest BCUT2D eigenvalue weighted by molar-refractivity contribution is 7.13. The monoisotopic (exact) mass is 352 g/mol. The van der Waals surface area contributed by atoms with Gasteiger partial charge in [0.1, 0.15) is 5.01 Å². The van der Waals surface area contributed by atoms with Crippen molar-refractivity contribution in [2.75, 3.05) is 5.32 Å². The van der Waals surface area contributed by atoms with Gasteiger partial charge in [-0.1, -0.05) is 18.2 Å². The van der Waals surface area contributed by atoms with Crippen molar-refractivity contribution in [3.8, 4) is 21.1 Å². The summed E-state index contributed by atoms with van der Waals surface area (Å²) < 4.78 is 0. The van der Waals surface area contributed by atoms with Gasteiger partial charge < -0.3 is 5.32 Å². The molecule has 0 unspecified atom stereocenters. The van der Waals surface area contributed by atoms with Crippen molar-refractivity contribution in [3.63, 3.8) is 0 Å². The third-order valence-electron chi connectivity index (χ3n) is 3.40. The van der Waals surface area contributed by atoms with Crippen molar-refractivity contribution in [2.45, 2.75) is 0 Å². The molecule has 0 aliphatic rings. The number of anilines is 1. The molecule has 5 nitrogen and oxygen atoms in total. The Labute approximate surface area is 146 Å². The molecule has 1 amide bonds. The number of rotatable bonds is 4. The van der Waals surface area contributed by atoms with E-state index in [0.29, 0.717) is 11.4 Å². The van der Waals surface area contributed by atoms with Crippen LogP contribution in [0.3, 0.4) is 0 Å². The fourth-order valence-electron chi connectivity index (χ4n) is 2.29. The van der Waals surface area contributed by atoms with Crippen LogP contribution in [0.4, 0.5) is 5.69 Å². The Morgan fingerprint density at radius 1 is 1.08 bits per heavy atom. The van der Waals surface area contributed by atoms with Gasteiger partial charge in [-0.15, -0.1) is 22.7 Å². The van der Waals surface area contributed by atoms with Crippen molar-refractivity contribution >= 4 is 34.3 Å². The molecule has 0 saturated carbocycles. The Kier molecular flexibility index (Phi) is 3.94. The third-order valence-corrected chi connectivity index (χ3v) is 5.12. The quantitative estimate of drug-likeness (QED) is 0.567. The molecule has 0 radical (unpaired) electrons. The highest BCUT2D eigenvalue weighted by atomic mass is 32.1. The molecule has 0 aliphatic heterocycles. The largest absolute Gasteiger partial charge is 0.321 e. The standard InChI is InChI=1S/C17H12N4OS2/c22-16(14-10-13(20-21-14)15-5-2-7-23-15)19-12-4-1-3-11(9-12)17-18-6-8-24-17/h1-10H,(H,19,22)(H,20,21). The number of thiophene rings is 1. The van der Waals surface area contributed by atoms with Crippen LogP contribution in [0.5, 0.6) is 0 Å². The summed E-state index contributed by atoms with van der Waals surface area (Å²) in [7, 11) is 0. The van der Waals surface area contributed by atoms with E-state index in [1.165, 1.54) is 0 Å². The number of carbonyl (C=O) groups excluding carboxylic acids is 1. The normalized spacial score (nSPS) is 10.7. The molecule has 3 aromatic heterocycles. The molecule has 3 heterocycles. The lowest BCUT2D eigenvalue weighted by molar-refractivity contribution is 0.102. The van der Waals surface area contributed by atoms with E-state index in [9.17, 15) is 4.79 Å². The first-order valence-corrected chi connectivity index (χ1v) is 8.96. The van der Waals surface area contributed by atoms with Crippen LogP contribution in [-0.4, -0.2) is 21.1 Å². The second kappa shape index (κ2) is 6.38. The Morgan fingerprint density at radius 3 is 2.83 bits per heavy atom. The summed E-state index contributed by atoms with van der Waals surface area (Å²) in [6, 6.07) is 13.3. The summed E-state index contributed by atoms with van der Waals surface area (Å²) in [5.41, 5.74) is 2.89. The van der Waals surface area contributed by atoms with E-state index in [4.69, 9.17) is 0 Å². The van der Waals surface area contributed by atoms with Crippen molar-refractivity contribution in [1.29, 1.82) is 0 Å². The fourth-order valence-corrected chi connectivity index (χ4v) is 3.61. The summed E-state index contributed by atoms with van der Waals surface area (Å²) in [6.07, 6.45) is 1.76. The van der Waals surface area contributed by atoms with Crippen molar-refractivity contribution in [3.05, 3.63) is 65.1 Å². The number of nitrogens with one attached hydrogen (secondary N) is 2. The van der Waals surface area contributed by atoms with Crippen molar-refractivity contribution in [1.82, 2.24) is 15.2 Å². The van der Waals surface area contributed by atoms with Crippen LogP contribution in [0, 0.1) is 0 Å². The molecule has 1 aromatic carbocycles. The van der Waals surface area contributed by atoms with Crippen molar-refractivity contribution < 1.29 is 4.79 Å². The van der Waals surface area contributed by atoms with Gasteiger partial charge in [0.05, 0.1) is 10.6 Å². The molecule has 0 saturated heterocycles. The first-order valence-electron chi connectivity index (χ1n) is 7.20. The van der Waals surface area contributed by atoms with Crippen LogP contribution in [0.25, 0.3) is 21.1 Å². The van der Waals surface area contributed by atoms with Gasteiger partial charge in [0.25, 0.3) is 5.91 Å². The fraction of sp³-hybridized carbons (Fsp3) is 0. The van der Waals surface area contributed by atoms with Gasteiger partial charge in [0.15, 0.2) is 5.69 Å². The smallest absolute Gasteiger partial charge is 0.276 e. The van der Waals surface area contributed by atoms with E-state index < -0.39 is 0 Å². The Bertz CT molecular complexity index is 958. The van der Waals surface area contributed by atoms with E-state index in [2.05, 4.69) is 20.5 Å². The molecular formula is C17H12N4OS2.